The Morgan fingerprint density at radius 1 is 1.62 bits per heavy atom. The monoisotopic (exact) mass is 116 g/mol. The molecule has 1 aliphatic rings. The van der Waals surface area contributed by atoms with Crippen LogP contribution in [-0.2, 0) is 9.47 Å². The lowest BCUT2D eigenvalue weighted by molar-refractivity contribution is 0.0592. The Balaban J connectivity index is 2.17. The van der Waals surface area contributed by atoms with Crippen molar-refractivity contribution in [2.75, 3.05) is 6.61 Å². The van der Waals surface area contributed by atoms with Crippen molar-refractivity contribution in [1.29, 1.82) is 0 Å². The van der Waals surface area contributed by atoms with Crippen LogP contribution < -0.4 is 0 Å². The summed E-state index contributed by atoms with van der Waals surface area (Å²) in [5, 5.41) is 0. The highest BCUT2D eigenvalue weighted by Crippen LogP contribution is 2.35. The van der Waals surface area contributed by atoms with Crippen LogP contribution in [-0.4, -0.2) is 18.5 Å². The third-order valence-electron chi connectivity index (χ3n) is 1.24. The van der Waals surface area contributed by atoms with Gasteiger partial charge in [0, 0.05) is 6.61 Å². The average Bonchev–Trinajstić information content (AvgIpc) is 2.15. The standard InChI is InChI=1S/C6H12O2/c1-4-7-5-6(2,3)8-5/h5H,4H2,1-3H3. The van der Waals surface area contributed by atoms with Gasteiger partial charge in [0.15, 0.2) is 6.29 Å². The summed E-state index contributed by atoms with van der Waals surface area (Å²) in [6.07, 6.45) is 0.0625. The van der Waals surface area contributed by atoms with Crippen molar-refractivity contribution in [2.24, 2.45) is 0 Å². The van der Waals surface area contributed by atoms with E-state index in [1.165, 1.54) is 0 Å². The van der Waals surface area contributed by atoms with Crippen molar-refractivity contribution in [1.82, 2.24) is 0 Å². The first-order valence-corrected chi connectivity index (χ1v) is 2.96. The molecule has 0 radical (unpaired) electrons. The van der Waals surface area contributed by atoms with E-state index in [9.17, 15) is 0 Å². The van der Waals surface area contributed by atoms with Crippen LogP contribution in [0.5, 0.6) is 0 Å². The van der Waals surface area contributed by atoms with Crippen molar-refractivity contribution in [3.05, 3.63) is 0 Å². The highest BCUT2D eigenvalue weighted by atomic mass is 16.8. The van der Waals surface area contributed by atoms with Crippen LogP contribution in [0.4, 0.5) is 0 Å². The zero-order chi connectivity index (χ0) is 6.20. The second kappa shape index (κ2) is 1.71. The van der Waals surface area contributed by atoms with E-state index >= 15 is 0 Å². The molecule has 0 aromatic carbocycles. The first kappa shape index (κ1) is 6.05. The molecule has 1 aliphatic heterocycles. The van der Waals surface area contributed by atoms with Crippen molar-refractivity contribution < 1.29 is 9.47 Å². The maximum atomic E-state index is 5.15. The van der Waals surface area contributed by atoms with Gasteiger partial charge in [-0.3, -0.25) is 0 Å². The van der Waals surface area contributed by atoms with Crippen molar-refractivity contribution in [3.63, 3.8) is 0 Å². The Morgan fingerprint density at radius 3 is 2.25 bits per heavy atom. The highest BCUT2D eigenvalue weighted by Gasteiger charge is 2.48. The zero-order valence-corrected chi connectivity index (χ0v) is 5.60. The minimum Gasteiger partial charge on any atom is -0.350 e. The molecule has 0 aromatic rings. The SMILES string of the molecule is CCOC1OC1(C)C. The molecule has 0 saturated carbocycles. The number of hydrogen-bond donors (Lipinski definition) is 0. The van der Waals surface area contributed by atoms with Crippen molar-refractivity contribution >= 4 is 0 Å². The van der Waals surface area contributed by atoms with Gasteiger partial charge < -0.3 is 9.47 Å². The van der Waals surface area contributed by atoms with E-state index < -0.39 is 0 Å². The number of rotatable bonds is 2. The molecule has 2 nitrogen and oxygen atoms in total. The summed E-state index contributed by atoms with van der Waals surface area (Å²) < 4.78 is 10.3. The maximum absolute atomic E-state index is 5.15. The van der Waals surface area contributed by atoms with Crippen molar-refractivity contribution in [3.8, 4) is 0 Å². The Labute approximate surface area is 49.8 Å². The lowest BCUT2D eigenvalue weighted by Crippen LogP contribution is -2.06. The molecule has 2 heteroatoms. The minimum absolute atomic E-state index is 0.00396. The predicted molar refractivity (Wildman–Crippen MR) is 30.6 cm³/mol. The largest absolute Gasteiger partial charge is 0.350 e. The van der Waals surface area contributed by atoms with Gasteiger partial charge in [0.25, 0.3) is 0 Å². The van der Waals surface area contributed by atoms with Crippen LogP contribution in [0.15, 0.2) is 0 Å². The molecule has 1 saturated heterocycles. The van der Waals surface area contributed by atoms with E-state index in [1.54, 1.807) is 0 Å². The fourth-order valence-electron chi connectivity index (χ4n) is 0.628. The molecular weight excluding hydrogens is 104 g/mol. The number of hydrogen-bond acceptors (Lipinski definition) is 2. The molecule has 0 aliphatic carbocycles. The molecule has 48 valence electrons. The van der Waals surface area contributed by atoms with Gasteiger partial charge in [-0.1, -0.05) is 0 Å². The smallest absolute Gasteiger partial charge is 0.186 e. The van der Waals surface area contributed by atoms with E-state index in [0.29, 0.717) is 0 Å². The van der Waals surface area contributed by atoms with E-state index in [0.717, 1.165) is 6.61 Å². The molecule has 1 rings (SSSR count). The van der Waals surface area contributed by atoms with Gasteiger partial charge in [-0.2, -0.15) is 0 Å². The third kappa shape index (κ3) is 1.01. The second-order valence-electron chi connectivity index (χ2n) is 2.51. The lowest BCUT2D eigenvalue weighted by atomic mass is 10.2. The van der Waals surface area contributed by atoms with E-state index in [2.05, 4.69) is 0 Å². The van der Waals surface area contributed by atoms with Gasteiger partial charge in [-0.05, 0) is 20.8 Å². The van der Waals surface area contributed by atoms with Crippen LogP contribution in [0.1, 0.15) is 20.8 Å². The van der Waals surface area contributed by atoms with Crippen LogP contribution >= 0.6 is 0 Å². The number of ether oxygens (including phenoxy) is 2. The summed E-state index contributed by atoms with van der Waals surface area (Å²) in [7, 11) is 0. The third-order valence-corrected chi connectivity index (χ3v) is 1.24. The Morgan fingerprint density at radius 2 is 2.12 bits per heavy atom. The molecule has 1 atom stereocenters. The quantitative estimate of drug-likeness (QED) is 0.505. The van der Waals surface area contributed by atoms with Crippen LogP contribution in [0, 0.1) is 0 Å². The van der Waals surface area contributed by atoms with Gasteiger partial charge in [-0.25, -0.2) is 0 Å². The molecule has 0 spiro atoms. The van der Waals surface area contributed by atoms with Crippen LogP contribution in [0.2, 0.25) is 0 Å². The molecule has 1 unspecified atom stereocenters. The Hall–Kier alpha value is -0.0800. The number of epoxide rings is 1. The van der Waals surface area contributed by atoms with E-state index in [-0.39, 0.29) is 11.9 Å². The summed E-state index contributed by atoms with van der Waals surface area (Å²) in [5.74, 6) is 0. The molecule has 0 amide bonds. The molecule has 1 fully saturated rings. The molecule has 1 heterocycles. The zero-order valence-electron chi connectivity index (χ0n) is 5.60. The minimum atomic E-state index is -0.00396. The summed E-state index contributed by atoms with van der Waals surface area (Å²) >= 11 is 0. The van der Waals surface area contributed by atoms with Gasteiger partial charge in [0.2, 0.25) is 0 Å². The topological polar surface area (TPSA) is 21.8 Å². The van der Waals surface area contributed by atoms with Gasteiger partial charge in [0.1, 0.15) is 5.60 Å². The average molecular weight is 116 g/mol. The lowest BCUT2D eigenvalue weighted by Gasteiger charge is -1.93. The fourth-order valence-corrected chi connectivity index (χ4v) is 0.628. The maximum Gasteiger partial charge on any atom is 0.186 e. The Bertz CT molecular complexity index is 88.5. The highest BCUT2D eigenvalue weighted by molar-refractivity contribution is 4.87. The first-order valence-electron chi connectivity index (χ1n) is 2.96. The normalized spacial score (nSPS) is 32.6. The second-order valence-corrected chi connectivity index (χ2v) is 2.51. The van der Waals surface area contributed by atoms with Crippen molar-refractivity contribution in [2.45, 2.75) is 32.7 Å². The van der Waals surface area contributed by atoms with Gasteiger partial charge >= 0.3 is 0 Å². The summed E-state index contributed by atoms with van der Waals surface area (Å²) in [6, 6.07) is 0. The van der Waals surface area contributed by atoms with Crippen LogP contribution in [0.25, 0.3) is 0 Å². The van der Waals surface area contributed by atoms with E-state index in [4.69, 9.17) is 9.47 Å². The van der Waals surface area contributed by atoms with Gasteiger partial charge in [0.05, 0.1) is 0 Å². The molecular formula is C6H12O2. The summed E-state index contributed by atoms with van der Waals surface area (Å²) in [6.45, 7) is 6.76. The first-order chi connectivity index (χ1) is 3.67. The molecule has 0 N–H and O–H groups in total. The summed E-state index contributed by atoms with van der Waals surface area (Å²) in [4.78, 5) is 0. The van der Waals surface area contributed by atoms with E-state index in [1.807, 2.05) is 20.8 Å². The van der Waals surface area contributed by atoms with Crippen LogP contribution in [0.3, 0.4) is 0 Å². The van der Waals surface area contributed by atoms with Gasteiger partial charge in [-0.15, -0.1) is 0 Å². The molecule has 8 heavy (non-hydrogen) atoms. The molecule has 0 bridgehead atoms. The Kier molecular flexibility index (Phi) is 1.29. The predicted octanol–water partition coefficient (Wildman–Crippen LogP) is 1.16. The fraction of sp³-hybridized carbons (Fsp3) is 1.00. The summed E-state index contributed by atoms with van der Waals surface area (Å²) in [5.41, 5.74) is -0.00396. The molecule has 0 aromatic heterocycles.